The zero-order chi connectivity index (χ0) is 14.0. The second-order valence-electron chi connectivity index (χ2n) is 5.05. The van der Waals surface area contributed by atoms with Crippen LogP contribution in [0.2, 0.25) is 0 Å². The van der Waals surface area contributed by atoms with Crippen LogP contribution in [0.3, 0.4) is 0 Å². The minimum Gasteiger partial charge on any atom is -0.383 e. The quantitative estimate of drug-likeness (QED) is 0.918. The Bertz CT molecular complexity index is 573. The van der Waals surface area contributed by atoms with Gasteiger partial charge in [0.15, 0.2) is 0 Å². The van der Waals surface area contributed by atoms with Crippen molar-refractivity contribution < 1.29 is 4.74 Å². The molecule has 102 valence electrons. The van der Waals surface area contributed by atoms with Gasteiger partial charge in [0.05, 0.1) is 6.61 Å². The Morgan fingerprint density at radius 1 is 1.37 bits per heavy atom. The summed E-state index contributed by atoms with van der Waals surface area (Å²) in [6.45, 7) is 4.83. The van der Waals surface area contributed by atoms with Crippen molar-refractivity contribution >= 4 is 5.82 Å². The lowest BCUT2D eigenvalue weighted by molar-refractivity contribution is 0.185. The van der Waals surface area contributed by atoms with Crippen LogP contribution in [0.15, 0.2) is 24.3 Å². The molecule has 2 aromatic rings. The number of nitrogens with two attached hydrogens (primary N) is 1. The van der Waals surface area contributed by atoms with Crippen LogP contribution in [0.25, 0.3) is 11.3 Å². The van der Waals surface area contributed by atoms with Crippen LogP contribution in [0.1, 0.15) is 31.2 Å². The molecule has 0 radical (unpaired) electrons. The van der Waals surface area contributed by atoms with Crippen LogP contribution in [-0.4, -0.2) is 16.7 Å². The lowest BCUT2D eigenvalue weighted by atomic mass is 10.1. The zero-order valence-corrected chi connectivity index (χ0v) is 12.0. The first-order valence-electron chi connectivity index (χ1n) is 6.45. The van der Waals surface area contributed by atoms with Crippen LogP contribution in [-0.2, 0) is 18.4 Å². The van der Waals surface area contributed by atoms with Gasteiger partial charge >= 0.3 is 0 Å². The van der Waals surface area contributed by atoms with Crippen LogP contribution in [0.4, 0.5) is 5.82 Å². The van der Waals surface area contributed by atoms with E-state index in [2.05, 4.69) is 24.9 Å². The number of imidazole rings is 1. The lowest BCUT2D eigenvalue weighted by Crippen LogP contribution is -2.02. The molecular formula is C15H21N3O. The average molecular weight is 259 g/mol. The van der Waals surface area contributed by atoms with E-state index in [1.807, 2.05) is 29.8 Å². The maximum atomic E-state index is 6.17. The van der Waals surface area contributed by atoms with Gasteiger partial charge in [0.1, 0.15) is 17.3 Å². The third kappa shape index (κ3) is 2.63. The fourth-order valence-corrected chi connectivity index (χ4v) is 2.23. The van der Waals surface area contributed by atoms with Gasteiger partial charge in [-0.1, -0.05) is 32.0 Å². The molecule has 0 saturated heterocycles. The van der Waals surface area contributed by atoms with Gasteiger partial charge in [-0.2, -0.15) is 0 Å². The number of anilines is 1. The standard InChI is InChI=1S/C15H21N3O/c1-10(2)15-17-13(14(16)18(15)3)12-7-5-6-11(8-12)9-19-4/h5-8,10H,9,16H2,1-4H3. The van der Waals surface area contributed by atoms with Gasteiger partial charge in [0, 0.05) is 25.6 Å². The molecule has 2 N–H and O–H groups in total. The Morgan fingerprint density at radius 3 is 2.68 bits per heavy atom. The highest BCUT2D eigenvalue weighted by Gasteiger charge is 2.15. The zero-order valence-electron chi connectivity index (χ0n) is 12.0. The van der Waals surface area contributed by atoms with E-state index >= 15 is 0 Å². The molecule has 0 saturated carbocycles. The minimum atomic E-state index is 0.350. The molecule has 1 heterocycles. The van der Waals surface area contributed by atoms with Gasteiger partial charge in [0.2, 0.25) is 0 Å². The Morgan fingerprint density at radius 2 is 2.11 bits per heavy atom. The highest BCUT2D eigenvalue weighted by molar-refractivity contribution is 5.71. The van der Waals surface area contributed by atoms with Crippen LogP contribution < -0.4 is 5.73 Å². The van der Waals surface area contributed by atoms with Crippen molar-refractivity contribution in [3.8, 4) is 11.3 Å². The van der Waals surface area contributed by atoms with Gasteiger partial charge in [-0.15, -0.1) is 0 Å². The first-order chi connectivity index (χ1) is 9.04. The van der Waals surface area contributed by atoms with Gasteiger partial charge in [-0.05, 0) is 11.6 Å². The molecule has 0 aliphatic carbocycles. The number of nitrogens with zero attached hydrogens (tertiary/aromatic N) is 2. The van der Waals surface area contributed by atoms with Gasteiger partial charge in [0.25, 0.3) is 0 Å². The van der Waals surface area contributed by atoms with Gasteiger partial charge in [-0.25, -0.2) is 4.98 Å². The van der Waals surface area contributed by atoms with Crippen molar-refractivity contribution in [1.29, 1.82) is 0 Å². The second kappa shape index (κ2) is 5.45. The first kappa shape index (κ1) is 13.6. The van der Waals surface area contributed by atoms with Crippen molar-refractivity contribution in [2.75, 3.05) is 12.8 Å². The third-order valence-electron chi connectivity index (χ3n) is 3.20. The fraction of sp³-hybridized carbons (Fsp3) is 0.400. The SMILES string of the molecule is COCc1cccc(-c2nc(C(C)C)n(C)c2N)c1. The molecule has 0 fully saturated rings. The molecule has 2 rings (SSSR count). The molecule has 1 aromatic heterocycles. The Labute approximate surface area is 114 Å². The summed E-state index contributed by atoms with van der Waals surface area (Å²) in [5.74, 6) is 2.06. The molecule has 0 aliphatic rings. The molecule has 4 nitrogen and oxygen atoms in total. The number of aromatic nitrogens is 2. The number of methoxy groups -OCH3 is 1. The number of hydrogen-bond donors (Lipinski definition) is 1. The van der Waals surface area contributed by atoms with Crippen molar-refractivity contribution in [1.82, 2.24) is 9.55 Å². The molecule has 0 amide bonds. The Kier molecular flexibility index (Phi) is 3.90. The third-order valence-corrected chi connectivity index (χ3v) is 3.20. The first-order valence-corrected chi connectivity index (χ1v) is 6.45. The van der Waals surface area contributed by atoms with Crippen LogP contribution >= 0.6 is 0 Å². The minimum absolute atomic E-state index is 0.350. The van der Waals surface area contributed by atoms with E-state index in [0.29, 0.717) is 18.3 Å². The molecule has 0 aliphatic heterocycles. The Hall–Kier alpha value is -1.81. The van der Waals surface area contributed by atoms with Crippen LogP contribution in [0.5, 0.6) is 0 Å². The van der Waals surface area contributed by atoms with Crippen LogP contribution in [0, 0.1) is 0 Å². The molecular weight excluding hydrogens is 238 g/mol. The maximum absolute atomic E-state index is 6.17. The van der Waals surface area contributed by atoms with E-state index in [1.165, 1.54) is 0 Å². The normalized spacial score (nSPS) is 11.2. The number of rotatable bonds is 4. The molecule has 0 unspecified atom stereocenters. The van der Waals surface area contributed by atoms with E-state index in [1.54, 1.807) is 7.11 Å². The number of benzene rings is 1. The summed E-state index contributed by atoms with van der Waals surface area (Å²) in [5.41, 5.74) is 9.18. The molecule has 0 spiro atoms. The van der Waals surface area contributed by atoms with Gasteiger partial charge in [-0.3, -0.25) is 0 Å². The topological polar surface area (TPSA) is 53.1 Å². The highest BCUT2D eigenvalue weighted by Crippen LogP contribution is 2.28. The monoisotopic (exact) mass is 259 g/mol. The number of ether oxygens (including phenoxy) is 1. The summed E-state index contributed by atoms with van der Waals surface area (Å²) in [6, 6.07) is 8.15. The average Bonchev–Trinajstić information content (AvgIpc) is 2.67. The Balaban J connectivity index is 2.47. The fourth-order valence-electron chi connectivity index (χ4n) is 2.23. The van der Waals surface area contributed by atoms with Crippen molar-refractivity contribution in [2.24, 2.45) is 7.05 Å². The van der Waals surface area contributed by atoms with Crippen molar-refractivity contribution in [3.05, 3.63) is 35.7 Å². The second-order valence-corrected chi connectivity index (χ2v) is 5.05. The molecule has 0 bridgehead atoms. The van der Waals surface area contributed by atoms with E-state index in [4.69, 9.17) is 10.5 Å². The van der Waals surface area contributed by atoms with E-state index in [9.17, 15) is 0 Å². The predicted molar refractivity (Wildman–Crippen MR) is 77.9 cm³/mol. The maximum Gasteiger partial charge on any atom is 0.131 e. The summed E-state index contributed by atoms with van der Waals surface area (Å²) in [7, 11) is 3.65. The van der Waals surface area contributed by atoms with E-state index < -0.39 is 0 Å². The number of hydrogen-bond acceptors (Lipinski definition) is 3. The summed E-state index contributed by atoms with van der Waals surface area (Å²) < 4.78 is 7.12. The largest absolute Gasteiger partial charge is 0.383 e. The molecule has 0 atom stereocenters. The van der Waals surface area contributed by atoms with E-state index in [0.717, 1.165) is 22.6 Å². The summed E-state index contributed by atoms with van der Waals surface area (Å²) >= 11 is 0. The van der Waals surface area contributed by atoms with Crippen molar-refractivity contribution in [2.45, 2.75) is 26.4 Å². The lowest BCUT2D eigenvalue weighted by Gasteiger charge is -2.05. The highest BCUT2D eigenvalue weighted by atomic mass is 16.5. The van der Waals surface area contributed by atoms with Crippen molar-refractivity contribution in [3.63, 3.8) is 0 Å². The van der Waals surface area contributed by atoms with Gasteiger partial charge < -0.3 is 15.0 Å². The molecule has 4 heteroatoms. The smallest absolute Gasteiger partial charge is 0.131 e. The molecule has 1 aromatic carbocycles. The predicted octanol–water partition coefficient (Wildman–Crippen LogP) is 2.94. The molecule has 19 heavy (non-hydrogen) atoms. The number of nitrogen functional groups attached to an aromatic ring is 1. The summed E-state index contributed by atoms with van der Waals surface area (Å²) in [6.07, 6.45) is 0. The summed E-state index contributed by atoms with van der Waals surface area (Å²) in [4.78, 5) is 4.68. The van der Waals surface area contributed by atoms with E-state index in [-0.39, 0.29) is 0 Å². The summed E-state index contributed by atoms with van der Waals surface area (Å²) in [5, 5.41) is 0.